The minimum Gasteiger partial charge on any atom is -0.485 e. The van der Waals surface area contributed by atoms with Crippen LogP contribution in [-0.2, 0) is 0 Å². The molecule has 0 fully saturated rings. The van der Waals surface area contributed by atoms with Gasteiger partial charge in [0, 0.05) is 0 Å². The average molecular weight is 276 g/mol. The number of rotatable bonds is 2. The lowest BCUT2D eigenvalue weighted by atomic mass is 10.2. The van der Waals surface area contributed by atoms with Gasteiger partial charge in [0.1, 0.15) is 6.61 Å². The standard InChI is InChI=1S/C12H12N4O2S/c1-19-12-15-10(14-11(13)16-12)9-6-17-7-4-2-3-5-8(7)18-9/h2-5,9H,6H2,1H3,(H2,13,14,15,16)/t9-/m1/s1. The van der Waals surface area contributed by atoms with Crippen LogP contribution in [0.4, 0.5) is 5.95 Å². The number of thioether (sulfide) groups is 1. The SMILES string of the molecule is CSc1nc(N)nc([C@H]2COc3ccccc3O2)n1. The van der Waals surface area contributed by atoms with Crippen molar-refractivity contribution in [1.29, 1.82) is 0 Å². The maximum Gasteiger partial charge on any atom is 0.224 e. The Hall–Kier alpha value is -2.02. The van der Waals surface area contributed by atoms with Gasteiger partial charge in [-0.15, -0.1) is 0 Å². The molecule has 0 saturated carbocycles. The monoisotopic (exact) mass is 276 g/mol. The molecule has 3 rings (SSSR count). The number of aromatic nitrogens is 3. The summed E-state index contributed by atoms with van der Waals surface area (Å²) in [6, 6.07) is 7.50. The number of fused-ring (bicyclic) bond motifs is 1. The highest BCUT2D eigenvalue weighted by Crippen LogP contribution is 2.35. The molecule has 19 heavy (non-hydrogen) atoms. The third-order valence-corrected chi connectivity index (χ3v) is 3.18. The normalized spacial score (nSPS) is 17.2. The van der Waals surface area contributed by atoms with Crippen LogP contribution in [0, 0.1) is 0 Å². The second-order valence-electron chi connectivity index (χ2n) is 3.90. The molecule has 2 N–H and O–H groups in total. The van der Waals surface area contributed by atoms with Crippen molar-refractivity contribution in [1.82, 2.24) is 15.0 Å². The Morgan fingerprint density at radius 1 is 1.21 bits per heavy atom. The van der Waals surface area contributed by atoms with Gasteiger partial charge in [-0.1, -0.05) is 23.9 Å². The Labute approximate surface area is 114 Å². The summed E-state index contributed by atoms with van der Waals surface area (Å²) >= 11 is 1.41. The molecule has 0 radical (unpaired) electrons. The minimum absolute atomic E-state index is 0.191. The fraction of sp³-hybridized carbons (Fsp3) is 0.250. The number of benzene rings is 1. The van der Waals surface area contributed by atoms with Crippen LogP contribution in [-0.4, -0.2) is 27.8 Å². The Morgan fingerprint density at radius 2 is 2.00 bits per heavy atom. The largest absolute Gasteiger partial charge is 0.485 e. The Kier molecular flexibility index (Phi) is 3.12. The van der Waals surface area contributed by atoms with Crippen molar-refractivity contribution >= 4 is 17.7 Å². The molecular weight excluding hydrogens is 264 g/mol. The van der Waals surface area contributed by atoms with E-state index in [0.717, 1.165) is 5.75 Å². The molecule has 1 aromatic heterocycles. The molecule has 2 heterocycles. The fourth-order valence-corrected chi connectivity index (χ4v) is 2.14. The first kappa shape index (κ1) is 12.0. The van der Waals surface area contributed by atoms with Crippen LogP contribution in [0.1, 0.15) is 11.9 Å². The van der Waals surface area contributed by atoms with Crippen LogP contribution in [0.3, 0.4) is 0 Å². The van der Waals surface area contributed by atoms with Gasteiger partial charge < -0.3 is 15.2 Å². The zero-order chi connectivity index (χ0) is 13.2. The van der Waals surface area contributed by atoms with E-state index >= 15 is 0 Å². The van der Waals surface area contributed by atoms with Crippen molar-refractivity contribution in [2.45, 2.75) is 11.3 Å². The summed E-state index contributed by atoms with van der Waals surface area (Å²) in [4.78, 5) is 12.4. The predicted octanol–water partition coefficient (Wildman–Crippen LogP) is 1.69. The van der Waals surface area contributed by atoms with Gasteiger partial charge >= 0.3 is 0 Å². The maximum absolute atomic E-state index is 5.83. The number of hydrogen-bond donors (Lipinski definition) is 1. The van der Waals surface area contributed by atoms with Crippen LogP contribution < -0.4 is 15.2 Å². The van der Waals surface area contributed by atoms with Crippen LogP contribution in [0.25, 0.3) is 0 Å². The number of nitrogens with zero attached hydrogens (tertiary/aromatic N) is 3. The molecule has 0 amide bonds. The lowest BCUT2D eigenvalue weighted by molar-refractivity contribution is 0.0844. The van der Waals surface area contributed by atoms with Crippen molar-refractivity contribution in [3.05, 3.63) is 30.1 Å². The van der Waals surface area contributed by atoms with Crippen molar-refractivity contribution in [2.24, 2.45) is 0 Å². The maximum atomic E-state index is 5.83. The van der Waals surface area contributed by atoms with E-state index in [0.29, 0.717) is 23.3 Å². The lowest BCUT2D eigenvalue weighted by Gasteiger charge is -2.25. The van der Waals surface area contributed by atoms with Gasteiger partial charge in [0.05, 0.1) is 0 Å². The number of anilines is 1. The van der Waals surface area contributed by atoms with Crippen molar-refractivity contribution in [2.75, 3.05) is 18.6 Å². The number of hydrogen-bond acceptors (Lipinski definition) is 7. The summed E-state index contributed by atoms with van der Waals surface area (Å²) in [5.74, 6) is 2.09. The second kappa shape index (κ2) is 4.93. The number of nitrogens with two attached hydrogens (primary N) is 1. The molecule has 0 spiro atoms. The highest BCUT2D eigenvalue weighted by molar-refractivity contribution is 7.98. The van der Waals surface area contributed by atoms with Gasteiger partial charge in [-0.2, -0.15) is 9.97 Å². The van der Waals surface area contributed by atoms with Gasteiger partial charge in [-0.05, 0) is 18.4 Å². The lowest BCUT2D eigenvalue weighted by Crippen LogP contribution is -2.24. The molecule has 98 valence electrons. The second-order valence-corrected chi connectivity index (χ2v) is 4.68. The Morgan fingerprint density at radius 3 is 2.79 bits per heavy atom. The number of ether oxygens (including phenoxy) is 2. The molecule has 2 aromatic rings. The van der Waals surface area contributed by atoms with Gasteiger partial charge in [-0.25, -0.2) is 4.98 Å². The summed E-state index contributed by atoms with van der Waals surface area (Å²) in [6.45, 7) is 0.355. The van der Waals surface area contributed by atoms with E-state index in [1.54, 1.807) is 0 Å². The first-order chi connectivity index (χ1) is 9.26. The van der Waals surface area contributed by atoms with E-state index in [2.05, 4.69) is 15.0 Å². The van der Waals surface area contributed by atoms with Gasteiger partial charge in [-0.3, -0.25) is 0 Å². The molecule has 1 atom stereocenters. The summed E-state index contributed by atoms with van der Waals surface area (Å²) in [7, 11) is 0. The van der Waals surface area contributed by atoms with Gasteiger partial charge in [0.15, 0.2) is 28.6 Å². The summed E-state index contributed by atoms with van der Waals surface area (Å²) < 4.78 is 11.5. The molecule has 1 aliphatic rings. The molecule has 1 aliphatic heterocycles. The predicted molar refractivity (Wildman–Crippen MR) is 71.3 cm³/mol. The van der Waals surface area contributed by atoms with Crippen LogP contribution >= 0.6 is 11.8 Å². The molecule has 0 aliphatic carbocycles. The highest BCUT2D eigenvalue weighted by atomic mass is 32.2. The number of para-hydroxylation sites is 2. The van der Waals surface area contributed by atoms with Crippen molar-refractivity contribution in [3.8, 4) is 11.5 Å². The number of nitrogen functional groups attached to an aromatic ring is 1. The molecule has 0 saturated heterocycles. The topological polar surface area (TPSA) is 83.2 Å². The van der Waals surface area contributed by atoms with Crippen LogP contribution in [0.15, 0.2) is 29.4 Å². The van der Waals surface area contributed by atoms with Crippen LogP contribution in [0.5, 0.6) is 11.5 Å². The van der Waals surface area contributed by atoms with E-state index in [4.69, 9.17) is 15.2 Å². The molecule has 1 aromatic carbocycles. The van der Waals surface area contributed by atoms with E-state index in [-0.39, 0.29) is 12.1 Å². The molecule has 0 unspecified atom stereocenters. The molecule has 7 heteroatoms. The minimum atomic E-state index is -0.369. The van der Waals surface area contributed by atoms with E-state index in [9.17, 15) is 0 Å². The summed E-state index contributed by atoms with van der Waals surface area (Å²) in [5, 5.41) is 0.574. The quantitative estimate of drug-likeness (QED) is 0.835. The zero-order valence-corrected chi connectivity index (χ0v) is 11.1. The summed E-state index contributed by atoms with van der Waals surface area (Å²) in [5.41, 5.74) is 5.66. The summed E-state index contributed by atoms with van der Waals surface area (Å²) in [6.07, 6.45) is 1.51. The van der Waals surface area contributed by atoms with Crippen molar-refractivity contribution in [3.63, 3.8) is 0 Å². The van der Waals surface area contributed by atoms with Crippen LogP contribution in [0.2, 0.25) is 0 Å². The first-order valence-corrected chi connectivity index (χ1v) is 6.92. The van der Waals surface area contributed by atoms with E-state index < -0.39 is 0 Å². The molecule has 0 bridgehead atoms. The third kappa shape index (κ3) is 2.41. The Balaban J connectivity index is 1.90. The smallest absolute Gasteiger partial charge is 0.224 e. The van der Waals surface area contributed by atoms with Gasteiger partial charge in [0.25, 0.3) is 0 Å². The molecule has 6 nitrogen and oxygen atoms in total. The highest BCUT2D eigenvalue weighted by Gasteiger charge is 2.25. The average Bonchev–Trinajstić information content (AvgIpc) is 2.46. The van der Waals surface area contributed by atoms with E-state index in [1.165, 1.54) is 11.8 Å². The Bertz CT molecular complexity index is 608. The molecular formula is C12H12N4O2S. The van der Waals surface area contributed by atoms with E-state index in [1.807, 2.05) is 30.5 Å². The third-order valence-electron chi connectivity index (χ3n) is 2.63. The van der Waals surface area contributed by atoms with Crippen molar-refractivity contribution < 1.29 is 9.47 Å². The first-order valence-electron chi connectivity index (χ1n) is 5.70. The van der Waals surface area contributed by atoms with Gasteiger partial charge in [0.2, 0.25) is 5.95 Å². The fourth-order valence-electron chi connectivity index (χ4n) is 1.77. The zero-order valence-electron chi connectivity index (χ0n) is 10.2.